The van der Waals surface area contributed by atoms with Crippen molar-refractivity contribution in [3.05, 3.63) is 83.7 Å². The van der Waals surface area contributed by atoms with Crippen molar-refractivity contribution in [3.8, 4) is 23.0 Å². The summed E-state index contributed by atoms with van der Waals surface area (Å²) < 4.78 is 21.7. The zero-order chi connectivity index (χ0) is 22.8. The lowest BCUT2D eigenvalue weighted by molar-refractivity contribution is -0.116. The number of carbonyl (C=O) groups is 1. The number of benzene rings is 2. The lowest BCUT2D eigenvalue weighted by atomic mass is 10.1. The van der Waals surface area contributed by atoms with E-state index in [0.29, 0.717) is 30.4 Å². The molecule has 166 valence electrons. The topological polar surface area (TPSA) is 78.9 Å². The third-order valence-corrected chi connectivity index (χ3v) is 4.61. The Hall–Kier alpha value is -4.00. The molecule has 0 atom stereocenters. The van der Waals surface area contributed by atoms with Gasteiger partial charge in [0.25, 0.3) is 0 Å². The van der Waals surface area contributed by atoms with Crippen LogP contribution in [0.1, 0.15) is 16.8 Å². The van der Waals surface area contributed by atoms with Crippen LogP contribution < -0.4 is 24.3 Å². The van der Waals surface area contributed by atoms with Crippen molar-refractivity contribution in [2.45, 2.75) is 13.2 Å². The quantitative estimate of drug-likeness (QED) is 0.486. The number of methoxy groups -OCH3 is 3. The summed E-state index contributed by atoms with van der Waals surface area (Å²) in [5, 5.41) is 2.85. The summed E-state index contributed by atoms with van der Waals surface area (Å²) in [7, 11) is 4.65. The highest BCUT2D eigenvalue weighted by Crippen LogP contribution is 2.38. The molecule has 0 aliphatic carbocycles. The van der Waals surface area contributed by atoms with Crippen LogP contribution in [0.4, 0.5) is 0 Å². The smallest absolute Gasteiger partial charge is 0.244 e. The maximum absolute atomic E-state index is 12.2. The number of nitrogens with one attached hydrogen (secondary N) is 1. The predicted molar refractivity (Wildman–Crippen MR) is 122 cm³/mol. The summed E-state index contributed by atoms with van der Waals surface area (Å²) in [4.78, 5) is 16.5. The van der Waals surface area contributed by atoms with Crippen LogP contribution in [0.3, 0.4) is 0 Å². The average molecular weight is 434 g/mol. The monoisotopic (exact) mass is 434 g/mol. The normalized spacial score (nSPS) is 10.6. The molecule has 7 heteroatoms. The standard InChI is InChI=1S/C25H26N2O5/c1-29-22-14-19(15-23(30-2)25(22)31-3)16-27-24(28)12-9-18-7-10-21(11-8-18)32-17-20-6-4-5-13-26-20/h4-15H,16-17H2,1-3H3,(H,27,28)/b12-9+. The molecule has 1 aromatic heterocycles. The fourth-order valence-corrected chi connectivity index (χ4v) is 2.97. The van der Waals surface area contributed by atoms with Gasteiger partial charge in [-0.3, -0.25) is 9.78 Å². The maximum atomic E-state index is 12.2. The van der Waals surface area contributed by atoms with Crippen LogP contribution in [0.15, 0.2) is 66.9 Å². The second-order valence-corrected chi connectivity index (χ2v) is 6.76. The molecule has 0 spiro atoms. The molecule has 1 heterocycles. The van der Waals surface area contributed by atoms with Crippen LogP contribution in [-0.2, 0) is 17.9 Å². The molecule has 0 saturated carbocycles. The van der Waals surface area contributed by atoms with E-state index in [4.69, 9.17) is 18.9 Å². The third-order valence-electron chi connectivity index (χ3n) is 4.61. The summed E-state index contributed by atoms with van der Waals surface area (Å²) in [5.74, 6) is 2.11. The first-order valence-corrected chi connectivity index (χ1v) is 10.0. The molecular weight excluding hydrogens is 408 g/mol. The molecule has 32 heavy (non-hydrogen) atoms. The van der Waals surface area contributed by atoms with Crippen LogP contribution in [0, 0.1) is 0 Å². The van der Waals surface area contributed by atoms with Gasteiger partial charge in [-0.15, -0.1) is 0 Å². The first kappa shape index (κ1) is 22.7. The van der Waals surface area contributed by atoms with E-state index in [1.54, 1.807) is 45.7 Å². The predicted octanol–water partition coefficient (Wildman–Crippen LogP) is 4.02. The molecule has 0 aliphatic rings. The summed E-state index contributed by atoms with van der Waals surface area (Å²) >= 11 is 0. The second kappa shape index (κ2) is 11.4. The van der Waals surface area contributed by atoms with Gasteiger partial charge in [-0.2, -0.15) is 0 Å². The van der Waals surface area contributed by atoms with Gasteiger partial charge >= 0.3 is 0 Å². The number of rotatable bonds is 10. The molecule has 1 amide bonds. The summed E-state index contributed by atoms with van der Waals surface area (Å²) in [6.45, 7) is 0.722. The fraction of sp³-hybridized carbons (Fsp3) is 0.200. The molecule has 3 aromatic rings. The van der Waals surface area contributed by atoms with Gasteiger partial charge in [-0.25, -0.2) is 0 Å². The van der Waals surface area contributed by atoms with Crippen LogP contribution in [0.5, 0.6) is 23.0 Å². The van der Waals surface area contributed by atoms with Gasteiger partial charge in [0, 0.05) is 18.8 Å². The van der Waals surface area contributed by atoms with Gasteiger partial charge in [-0.1, -0.05) is 18.2 Å². The largest absolute Gasteiger partial charge is 0.493 e. The number of ether oxygens (including phenoxy) is 4. The van der Waals surface area contributed by atoms with Crippen LogP contribution >= 0.6 is 0 Å². The van der Waals surface area contributed by atoms with E-state index in [2.05, 4.69) is 10.3 Å². The molecule has 3 rings (SSSR count). The molecule has 0 radical (unpaired) electrons. The second-order valence-electron chi connectivity index (χ2n) is 6.76. The van der Waals surface area contributed by atoms with Crippen molar-refractivity contribution in [1.29, 1.82) is 0 Å². The summed E-state index contributed by atoms with van der Waals surface area (Å²) in [6, 6.07) is 16.8. The van der Waals surface area contributed by atoms with Crippen molar-refractivity contribution in [3.63, 3.8) is 0 Å². The molecule has 0 saturated heterocycles. The number of pyridine rings is 1. The molecule has 0 bridgehead atoms. The Morgan fingerprint density at radius 1 is 0.969 bits per heavy atom. The number of hydrogen-bond donors (Lipinski definition) is 1. The minimum absolute atomic E-state index is 0.214. The molecule has 2 aromatic carbocycles. The zero-order valence-electron chi connectivity index (χ0n) is 18.3. The van der Waals surface area contributed by atoms with Crippen molar-refractivity contribution in [1.82, 2.24) is 10.3 Å². The van der Waals surface area contributed by atoms with Gasteiger partial charge in [0.1, 0.15) is 12.4 Å². The lowest BCUT2D eigenvalue weighted by Crippen LogP contribution is -2.20. The van der Waals surface area contributed by atoms with E-state index in [-0.39, 0.29) is 5.91 Å². The molecule has 7 nitrogen and oxygen atoms in total. The highest BCUT2D eigenvalue weighted by Gasteiger charge is 2.13. The first-order valence-electron chi connectivity index (χ1n) is 10.0. The van der Waals surface area contributed by atoms with E-state index in [0.717, 1.165) is 22.6 Å². The number of nitrogens with zero attached hydrogens (tertiary/aromatic N) is 1. The van der Waals surface area contributed by atoms with E-state index < -0.39 is 0 Å². The van der Waals surface area contributed by atoms with E-state index in [1.165, 1.54) is 6.08 Å². The molecule has 1 N–H and O–H groups in total. The molecule has 0 fully saturated rings. The Morgan fingerprint density at radius 3 is 2.28 bits per heavy atom. The molecular formula is C25H26N2O5. The molecule has 0 unspecified atom stereocenters. The minimum atomic E-state index is -0.214. The lowest BCUT2D eigenvalue weighted by Gasteiger charge is -2.14. The van der Waals surface area contributed by atoms with Crippen molar-refractivity contribution >= 4 is 12.0 Å². The Labute approximate surface area is 187 Å². The number of hydrogen-bond acceptors (Lipinski definition) is 6. The summed E-state index contributed by atoms with van der Waals surface area (Å²) in [6.07, 6.45) is 4.97. The Balaban J connectivity index is 1.53. The number of amides is 1. The van der Waals surface area contributed by atoms with Crippen LogP contribution in [-0.4, -0.2) is 32.2 Å². The van der Waals surface area contributed by atoms with Gasteiger partial charge in [0.2, 0.25) is 11.7 Å². The van der Waals surface area contributed by atoms with Crippen molar-refractivity contribution in [2.75, 3.05) is 21.3 Å². The van der Waals surface area contributed by atoms with Crippen molar-refractivity contribution < 1.29 is 23.7 Å². The number of carbonyl (C=O) groups excluding carboxylic acids is 1. The van der Waals surface area contributed by atoms with E-state index in [9.17, 15) is 4.79 Å². The highest BCUT2D eigenvalue weighted by molar-refractivity contribution is 5.91. The van der Waals surface area contributed by atoms with Crippen molar-refractivity contribution in [2.24, 2.45) is 0 Å². The van der Waals surface area contributed by atoms with Crippen LogP contribution in [0.2, 0.25) is 0 Å². The Kier molecular flexibility index (Phi) is 8.09. The average Bonchev–Trinajstić information content (AvgIpc) is 2.85. The maximum Gasteiger partial charge on any atom is 0.244 e. The van der Waals surface area contributed by atoms with Gasteiger partial charge in [0.05, 0.1) is 27.0 Å². The number of aromatic nitrogens is 1. The third kappa shape index (κ3) is 6.25. The minimum Gasteiger partial charge on any atom is -0.493 e. The Morgan fingerprint density at radius 2 is 1.69 bits per heavy atom. The molecule has 0 aliphatic heterocycles. The van der Waals surface area contributed by atoms with Gasteiger partial charge in [0.15, 0.2) is 11.5 Å². The first-order chi connectivity index (χ1) is 15.6. The van der Waals surface area contributed by atoms with Gasteiger partial charge < -0.3 is 24.3 Å². The highest BCUT2D eigenvalue weighted by atomic mass is 16.5. The summed E-state index contributed by atoms with van der Waals surface area (Å²) in [5.41, 5.74) is 2.58. The van der Waals surface area contributed by atoms with Gasteiger partial charge in [-0.05, 0) is 53.6 Å². The Bertz CT molecular complexity index is 1020. The SMILES string of the molecule is COc1cc(CNC(=O)/C=C/c2ccc(OCc3ccccn3)cc2)cc(OC)c1OC. The zero-order valence-corrected chi connectivity index (χ0v) is 18.3. The fourth-order valence-electron chi connectivity index (χ4n) is 2.97. The van der Waals surface area contributed by atoms with Crippen LogP contribution in [0.25, 0.3) is 6.08 Å². The van der Waals surface area contributed by atoms with E-state index in [1.807, 2.05) is 42.5 Å². The van der Waals surface area contributed by atoms with E-state index >= 15 is 0 Å².